The standard InChI is InChI=1S/C24H39NO2/c1-15(2)22(3,4)27-18-10-13-23(5)12-9-17-16(21(18)23)7-8-19-24(17,6)14-11-20(26)25-19/h16-19,21H,1,7-14H2,2-6H3,(H,25,26)/t16-,17+,18?,19-,21-,23-,24-/m1/s1. The summed E-state index contributed by atoms with van der Waals surface area (Å²) in [5.41, 5.74) is 1.57. The van der Waals surface area contributed by atoms with Crippen LogP contribution in [0.5, 0.6) is 0 Å². The van der Waals surface area contributed by atoms with E-state index >= 15 is 0 Å². The average Bonchev–Trinajstić information content (AvgIpc) is 2.91. The number of rotatable bonds is 3. The monoisotopic (exact) mass is 373 g/mol. The Morgan fingerprint density at radius 1 is 1.15 bits per heavy atom. The van der Waals surface area contributed by atoms with Crippen LogP contribution in [0, 0.1) is 28.6 Å². The highest BCUT2D eigenvalue weighted by Crippen LogP contribution is 2.64. The third-order valence-corrected chi connectivity index (χ3v) is 9.34. The maximum atomic E-state index is 12.0. The number of amides is 1. The minimum atomic E-state index is -0.247. The maximum absolute atomic E-state index is 12.0. The van der Waals surface area contributed by atoms with E-state index in [9.17, 15) is 4.79 Å². The molecule has 1 saturated heterocycles. The third kappa shape index (κ3) is 2.99. The molecule has 0 spiro atoms. The first kappa shape index (κ1) is 19.5. The van der Waals surface area contributed by atoms with Crippen LogP contribution in [-0.4, -0.2) is 23.7 Å². The van der Waals surface area contributed by atoms with E-state index < -0.39 is 0 Å². The van der Waals surface area contributed by atoms with Gasteiger partial charge in [0.1, 0.15) is 0 Å². The lowest BCUT2D eigenvalue weighted by atomic mass is 9.47. The molecule has 3 heteroatoms. The molecule has 1 N–H and O–H groups in total. The van der Waals surface area contributed by atoms with Crippen LogP contribution >= 0.6 is 0 Å². The highest BCUT2D eigenvalue weighted by molar-refractivity contribution is 5.77. The van der Waals surface area contributed by atoms with Crippen LogP contribution in [0.3, 0.4) is 0 Å². The molecule has 7 atom stereocenters. The Labute approximate surface area is 165 Å². The Kier molecular flexibility index (Phi) is 4.57. The van der Waals surface area contributed by atoms with Crippen molar-refractivity contribution >= 4 is 5.91 Å². The highest BCUT2D eigenvalue weighted by Gasteiger charge is 2.61. The molecule has 4 fully saturated rings. The van der Waals surface area contributed by atoms with Gasteiger partial charge in [-0.15, -0.1) is 0 Å². The van der Waals surface area contributed by atoms with Crippen LogP contribution in [-0.2, 0) is 9.53 Å². The van der Waals surface area contributed by atoms with E-state index in [1.54, 1.807) is 0 Å². The number of carbonyl (C=O) groups is 1. The molecule has 0 aromatic carbocycles. The second-order valence-electron chi connectivity index (χ2n) is 11.2. The van der Waals surface area contributed by atoms with Crippen LogP contribution in [0.1, 0.15) is 86.0 Å². The summed E-state index contributed by atoms with van der Waals surface area (Å²) >= 11 is 0. The number of fused-ring (bicyclic) bond motifs is 5. The molecule has 1 amide bonds. The quantitative estimate of drug-likeness (QED) is 0.686. The van der Waals surface area contributed by atoms with Gasteiger partial charge >= 0.3 is 0 Å². The van der Waals surface area contributed by atoms with Crippen molar-refractivity contribution in [3.8, 4) is 0 Å². The molecule has 1 aliphatic heterocycles. The van der Waals surface area contributed by atoms with Crippen LogP contribution in [0.4, 0.5) is 0 Å². The maximum Gasteiger partial charge on any atom is 0.220 e. The first-order valence-electron chi connectivity index (χ1n) is 11.2. The van der Waals surface area contributed by atoms with E-state index in [0.717, 1.165) is 30.3 Å². The van der Waals surface area contributed by atoms with Crippen molar-refractivity contribution in [2.24, 2.45) is 28.6 Å². The lowest BCUT2D eigenvalue weighted by Crippen LogP contribution is -2.61. The molecule has 0 radical (unpaired) electrons. The molecule has 1 unspecified atom stereocenters. The Bertz CT molecular complexity index is 640. The first-order chi connectivity index (χ1) is 12.6. The Balaban J connectivity index is 1.61. The van der Waals surface area contributed by atoms with Gasteiger partial charge in [-0.25, -0.2) is 0 Å². The largest absolute Gasteiger partial charge is 0.368 e. The van der Waals surface area contributed by atoms with Gasteiger partial charge in [0.05, 0.1) is 11.7 Å². The summed E-state index contributed by atoms with van der Waals surface area (Å²) in [7, 11) is 0. The number of hydrogen-bond acceptors (Lipinski definition) is 2. The van der Waals surface area contributed by atoms with E-state index in [1.165, 1.54) is 32.1 Å². The van der Waals surface area contributed by atoms with Crippen LogP contribution in [0.25, 0.3) is 0 Å². The van der Waals surface area contributed by atoms with Gasteiger partial charge < -0.3 is 10.1 Å². The van der Waals surface area contributed by atoms with Gasteiger partial charge in [0, 0.05) is 12.5 Å². The average molecular weight is 374 g/mol. The molecule has 0 bridgehead atoms. The molecular weight excluding hydrogens is 334 g/mol. The summed E-state index contributed by atoms with van der Waals surface area (Å²) in [5, 5.41) is 3.34. The van der Waals surface area contributed by atoms with Crippen molar-refractivity contribution < 1.29 is 9.53 Å². The summed E-state index contributed by atoms with van der Waals surface area (Å²) in [6.07, 6.45) is 9.67. The van der Waals surface area contributed by atoms with E-state index in [2.05, 4.69) is 46.5 Å². The van der Waals surface area contributed by atoms with E-state index in [1.807, 2.05) is 0 Å². The summed E-state index contributed by atoms with van der Waals surface area (Å²) in [6, 6.07) is 0.386. The molecule has 152 valence electrons. The van der Waals surface area contributed by atoms with Gasteiger partial charge in [0.15, 0.2) is 0 Å². The smallest absolute Gasteiger partial charge is 0.220 e. The fraction of sp³-hybridized carbons (Fsp3) is 0.875. The summed E-state index contributed by atoms with van der Waals surface area (Å²) < 4.78 is 6.76. The van der Waals surface area contributed by atoms with Gasteiger partial charge in [-0.2, -0.15) is 0 Å². The minimum Gasteiger partial charge on any atom is -0.368 e. The second-order valence-corrected chi connectivity index (χ2v) is 11.2. The molecule has 0 aromatic rings. The number of piperidine rings is 1. The topological polar surface area (TPSA) is 38.3 Å². The van der Waals surface area contributed by atoms with Crippen LogP contribution in [0.2, 0.25) is 0 Å². The summed E-state index contributed by atoms with van der Waals surface area (Å²) in [4.78, 5) is 12.0. The Hall–Kier alpha value is -0.830. The zero-order valence-corrected chi connectivity index (χ0v) is 18.1. The number of nitrogens with one attached hydrogen (secondary N) is 1. The van der Waals surface area contributed by atoms with Crippen molar-refractivity contribution in [3.63, 3.8) is 0 Å². The van der Waals surface area contributed by atoms with E-state index in [4.69, 9.17) is 4.74 Å². The SMILES string of the molecule is C=C(C)C(C)(C)OC1CC[C@@]2(C)CC[C@H]3[C@@H](CC[C@H]4NC(=O)CC[C@@]43C)[C@H]12. The fourth-order valence-corrected chi connectivity index (χ4v) is 7.30. The van der Waals surface area contributed by atoms with Gasteiger partial charge in [0.2, 0.25) is 5.91 Å². The van der Waals surface area contributed by atoms with Gasteiger partial charge in [-0.05, 0) is 99.9 Å². The highest BCUT2D eigenvalue weighted by atomic mass is 16.5. The third-order valence-electron chi connectivity index (χ3n) is 9.34. The normalized spacial score (nSPS) is 46.9. The van der Waals surface area contributed by atoms with E-state index in [-0.39, 0.29) is 16.9 Å². The van der Waals surface area contributed by atoms with Gasteiger partial charge in [0.25, 0.3) is 0 Å². The molecule has 0 aromatic heterocycles. The fourth-order valence-electron chi connectivity index (χ4n) is 7.30. The van der Waals surface area contributed by atoms with Crippen molar-refractivity contribution in [2.45, 2.75) is 104 Å². The lowest BCUT2D eigenvalue weighted by Gasteiger charge is -2.60. The molecule has 1 heterocycles. The summed E-state index contributed by atoms with van der Waals surface area (Å²) in [5.74, 6) is 2.40. The van der Waals surface area contributed by atoms with Gasteiger partial charge in [-0.1, -0.05) is 20.4 Å². The molecular formula is C24H39NO2. The van der Waals surface area contributed by atoms with Crippen molar-refractivity contribution in [1.29, 1.82) is 0 Å². The Morgan fingerprint density at radius 2 is 1.85 bits per heavy atom. The molecule has 3 nitrogen and oxygen atoms in total. The molecule has 3 saturated carbocycles. The zero-order valence-electron chi connectivity index (χ0n) is 18.1. The molecule has 3 aliphatic carbocycles. The molecule has 4 rings (SSSR count). The van der Waals surface area contributed by atoms with Crippen molar-refractivity contribution in [3.05, 3.63) is 12.2 Å². The molecule has 27 heavy (non-hydrogen) atoms. The van der Waals surface area contributed by atoms with Gasteiger partial charge in [-0.3, -0.25) is 4.79 Å². The van der Waals surface area contributed by atoms with Crippen LogP contribution in [0.15, 0.2) is 12.2 Å². The first-order valence-corrected chi connectivity index (χ1v) is 11.2. The number of hydrogen-bond donors (Lipinski definition) is 1. The predicted octanol–water partition coefficient (Wildman–Crippen LogP) is 5.25. The number of ether oxygens (including phenoxy) is 1. The van der Waals surface area contributed by atoms with Crippen molar-refractivity contribution in [1.82, 2.24) is 5.32 Å². The molecule has 4 aliphatic rings. The second kappa shape index (κ2) is 6.34. The zero-order chi connectivity index (χ0) is 19.6. The summed E-state index contributed by atoms with van der Waals surface area (Å²) in [6.45, 7) is 15.6. The van der Waals surface area contributed by atoms with Crippen molar-refractivity contribution in [2.75, 3.05) is 0 Å². The number of carbonyl (C=O) groups excluding carboxylic acids is 1. The minimum absolute atomic E-state index is 0.247. The van der Waals surface area contributed by atoms with Crippen LogP contribution < -0.4 is 5.32 Å². The lowest BCUT2D eigenvalue weighted by molar-refractivity contribution is -0.151. The Morgan fingerprint density at radius 3 is 2.56 bits per heavy atom. The van der Waals surface area contributed by atoms with E-state index in [0.29, 0.717) is 29.9 Å². The predicted molar refractivity (Wildman–Crippen MR) is 109 cm³/mol.